The van der Waals surface area contributed by atoms with Gasteiger partial charge in [-0.15, -0.1) is 0 Å². The van der Waals surface area contributed by atoms with E-state index in [1.54, 1.807) is 0 Å². The van der Waals surface area contributed by atoms with Gasteiger partial charge >= 0.3 is 0 Å². The van der Waals surface area contributed by atoms with E-state index in [4.69, 9.17) is 4.74 Å². The summed E-state index contributed by atoms with van der Waals surface area (Å²) in [6.45, 7) is 6.70. The van der Waals surface area contributed by atoms with E-state index >= 15 is 0 Å². The van der Waals surface area contributed by atoms with Crippen molar-refractivity contribution in [1.82, 2.24) is 5.32 Å². The van der Waals surface area contributed by atoms with Crippen LogP contribution in [0.15, 0.2) is 18.2 Å². The summed E-state index contributed by atoms with van der Waals surface area (Å²) in [6, 6.07) is 6.61. The van der Waals surface area contributed by atoms with Crippen LogP contribution in [0, 0.1) is 6.92 Å². The summed E-state index contributed by atoms with van der Waals surface area (Å²) < 4.78 is 5.51. The van der Waals surface area contributed by atoms with E-state index in [1.165, 1.54) is 12.8 Å². The summed E-state index contributed by atoms with van der Waals surface area (Å²) in [5, 5.41) is 13.7. The van der Waals surface area contributed by atoms with Gasteiger partial charge in [-0.3, -0.25) is 0 Å². The van der Waals surface area contributed by atoms with Crippen molar-refractivity contribution in [2.45, 2.75) is 51.8 Å². The summed E-state index contributed by atoms with van der Waals surface area (Å²) in [7, 11) is 0. The molecule has 3 nitrogen and oxygen atoms in total. The third-order valence-corrected chi connectivity index (χ3v) is 3.39. The van der Waals surface area contributed by atoms with Gasteiger partial charge < -0.3 is 15.2 Å². The molecule has 1 fully saturated rings. The first-order valence-corrected chi connectivity index (χ1v) is 6.79. The maximum atomic E-state index is 10.3. The Labute approximate surface area is 109 Å². The van der Waals surface area contributed by atoms with E-state index in [1.807, 2.05) is 39.0 Å². The van der Waals surface area contributed by atoms with E-state index in [-0.39, 0.29) is 6.04 Å². The highest BCUT2D eigenvalue weighted by atomic mass is 16.5. The lowest BCUT2D eigenvalue weighted by Gasteiger charge is -2.21. The first kappa shape index (κ1) is 13.4. The summed E-state index contributed by atoms with van der Waals surface area (Å²) >= 11 is 0. The molecule has 0 saturated heterocycles. The van der Waals surface area contributed by atoms with Crippen LogP contribution < -0.4 is 10.1 Å². The van der Waals surface area contributed by atoms with Crippen LogP contribution in [0.25, 0.3) is 0 Å². The fourth-order valence-electron chi connectivity index (χ4n) is 2.18. The third-order valence-electron chi connectivity index (χ3n) is 3.39. The summed E-state index contributed by atoms with van der Waals surface area (Å²) in [5.74, 6) is 0.899. The van der Waals surface area contributed by atoms with Crippen molar-refractivity contribution >= 4 is 0 Å². The molecule has 0 aliphatic heterocycles. The van der Waals surface area contributed by atoms with Crippen LogP contribution >= 0.6 is 0 Å². The van der Waals surface area contributed by atoms with Crippen molar-refractivity contribution in [2.75, 3.05) is 6.61 Å². The van der Waals surface area contributed by atoms with Crippen LogP contribution in [0.3, 0.4) is 0 Å². The highest BCUT2D eigenvalue weighted by Gasteiger charge is 2.26. The Morgan fingerprint density at radius 1 is 1.44 bits per heavy atom. The second kappa shape index (κ2) is 5.72. The van der Waals surface area contributed by atoms with Crippen LogP contribution in [-0.4, -0.2) is 23.8 Å². The Morgan fingerprint density at radius 2 is 2.17 bits per heavy atom. The molecule has 2 rings (SSSR count). The number of hydrogen-bond donors (Lipinski definition) is 2. The SMILES string of the molecule is CCOc1ccc(C(O)C(C)NC2CC2)cc1C. The normalized spacial score (nSPS) is 18.4. The van der Waals surface area contributed by atoms with Crippen LogP contribution in [0.2, 0.25) is 0 Å². The molecule has 0 heterocycles. The molecular weight excluding hydrogens is 226 g/mol. The molecule has 18 heavy (non-hydrogen) atoms. The average Bonchev–Trinajstić information content (AvgIpc) is 3.15. The monoisotopic (exact) mass is 249 g/mol. The average molecular weight is 249 g/mol. The van der Waals surface area contributed by atoms with Gasteiger partial charge in [0.1, 0.15) is 5.75 Å². The standard InChI is InChI=1S/C15H23NO2/c1-4-18-14-8-5-12(9-10(14)2)15(17)11(3)16-13-6-7-13/h5,8-9,11,13,15-17H,4,6-7H2,1-3H3. The van der Waals surface area contributed by atoms with Gasteiger partial charge in [-0.05, 0) is 56.9 Å². The highest BCUT2D eigenvalue weighted by Crippen LogP contribution is 2.27. The van der Waals surface area contributed by atoms with E-state index in [9.17, 15) is 5.11 Å². The molecule has 0 aromatic heterocycles. The topological polar surface area (TPSA) is 41.5 Å². The fourth-order valence-corrected chi connectivity index (χ4v) is 2.18. The van der Waals surface area contributed by atoms with Crippen molar-refractivity contribution in [1.29, 1.82) is 0 Å². The minimum atomic E-state index is -0.458. The first-order valence-electron chi connectivity index (χ1n) is 6.79. The third kappa shape index (κ3) is 3.24. The molecule has 2 N–H and O–H groups in total. The molecule has 1 aromatic rings. The van der Waals surface area contributed by atoms with Crippen molar-refractivity contribution in [3.63, 3.8) is 0 Å². The van der Waals surface area contributed by atoms with Crippen molar-refractivity contribution in [2.24, 2.45) is 0 Å². The lowest BCUT2D eigenvalue weighted by molar-refractivity contribution is 0.135. The van der Waals surface area contributed by atoms with Gasteiger partial charge in [-0.1, -0.05) is 6.07 Å². The number of benzene rings is 1. The van der Waals surface area contributed by atoms with Crippen LogP contribution in [-0.2, 0) is 0 Å². The maximum absolute atomic E-state index is 10.3. The van der Waals surface area contributed by atoms with Crippen LogP contribution in [0.5, 0.6) is 5.75 Å². The van der Waals surface area contributed by atoms with E-state index in [2.05, 4.69) is 5.32 Å². The Balaban J connectivity index is 2.04. The second-order valence-electron chi connectivity index (χ2n) is 5.13. The van der Waals surface area contributed by atoms with Gasteiger partial charge in [-0.2, -0.15) is 0 Å². The van der Waals surface area contributed by atoms with Gasteiger partial charge in [0.15, 0.2) is 0 Å². The molecule has 3 heteroatoms. The van der Waals surface area contributed by atoms with Gasteiger partial charge in [0.25, 0.3) is 0 Å². The zero-order valence-corrected chi connectivity index (χ0v) is 11.4. The Morgan fingerprint density at radius 3 is 2.72 bits per heavy atom. The lowest BCUT2D eigenvalue weighted by Crippen LogP contribution is -2.33. The molecule has 0 amide bonds. The molecule has 2 unspecified atom stereocenters. The molecule has 0 radical (unpaired) electrons. The summed E-state index contributed by atoms with van der Waals surface area (Å²) in [4.78, 5) is 0. The van der Waals surface area contributed by atoms with Gasteiger partial charge in [0.05, 0.1) is 12.7 Å². The largest absolute Gasteiger partial charge is 0.494 e. The zero-order valence-electron chi connectivity index (χ0n) is 11.4. The number of hydrogen-bond acceptors (Lipinski definition) is 3. The predicted octanol–water partition coefficient (Wildman–Crippen LogP) is 2.57. The van der Waals surface area contributed by atoms with Crippen molar-refractivity contribution in [3.05, 3.63) is 29.3 Å². The molecule has 100 valence electrons. The van der Waals surface area contributed by atoms with Gasteiger partial charge in [0.2, 0.25) is 0 Å². The molecule has 2 atom stereocenters. The van der Waals surface area contributed by atoms with E-state index < -0.39 is 6.10 Å². The zero-order chi connectivity index (χ0) is 13.1. The molecule has 1 aliphatic rings. The van der Waals surface area contributed by atoms with Gasteiger partial charge in [0, 0.05) is 12.1 Å². The number of nitrogens with one attached hydrogen (secondary N) is 1. The fraction of sp³-hybridized carbons (Fsp3) is 0.600. The molecule has 1 aliphatic carbocycles. The molecule has 1 aromatic carbocycles. The number of aliphatic hydroxyl groups is 1. The smallest absolute Gasteiger partial charge is 0.122 e. The van der Waals surface area contributed by atoms with Crippen LogP contribution in [0.4, 0.5) is 0 Å². The molecule has 0 bridgehead atoms. The Hall–Kier alpha value is -1.06. The second-order valence-corrected chi connectivity index (χ2v) is 5.13. The Kier molecular flexibility index (Phi) is 4.25. The number of aryl methyl sites for hydroxylation is 1. The van der Waals surface area contributed by atoms with Crippen molar-refractivity contribution in [3.8, 4) is 5.75 Å². The quantitative estimate of drug-likeness (QED) is 0.814. The minimum absolute atomic E-state index is 0.0924. The van der Waals surface area contributed by atoms with E-state index in [0.29, 0.717) is 12.6 Å². The number of aliphatic hydroxyl groups excluding tert-OH is 1. The molecule has 1 saturated carbocycles. The van der Waals surface area contributed by atoms with Crippen molar-refractivity contribution < 1.29 is 9.84 Å². The van der Waals surface area contributed by atoms with Gasteiger partial charge in [-0.25, -0.2) is 0 Å². The number of rotatable bonds is 6. The molecule has 0 spiro atoms. The van der Waals surface area contributed by atoms with Crippen LogP contribution in [0.1, 0.15) is 43.9 Å². The Bertz CT molecular complexity index is 401. The lowest BCUT2D eigenvalue weighted by atomic mass is 10.0. The first-order chi connectivity index (χ1) is 8.61. The maximum Gasteiger partial charge on any atom is 0.122 e. The number of ether oxygens (including phenoxy) is 1. The minimum Gasteiger partial charge on any atom is -0.494 e. The van der Waals surface area contributed by atoms with E-state index in [0.717, 1.165) is 16.9 Å². The summed E-state index contributed by atoms with van der Waals surface area (Å²) in [6.07, 6.45) is 2.01. The predicted molar refractivity (Wildman–Crippen MR) is 72.9 cm³/mol. The summed E-state index contributed by atoms with van der Waals surface area (Å²) in [5.41, 5.74) is 2.03. The highest BCUT2D eigenvalue weighted by molar-refractivity contribution is 5.37. The molecular formula is C15H23NO2.